The standard InChI is InChI=1S/C27H37N3O5/c1-19-22(20(2)35-28-19)16-26(31)30-17-24-25(18-30)34-23-13-9-8-12-21(23)27(32)29(3)14-10-6-4-5-7-11-15-33-24/h8-9,12-13,24-25H,4-7,10-11,14-18H2,1-3H3/t24-,25-/m1/s1. The van der Waals surface area contributed by atoms with E-state index in [-0.39, 0.29) is 30.4 Å². The summed E-state index contributed by atoms with van der Waals surface area (Å²) in [4.78, 5) is 29.9. The number of para-hydroxylation sites is 1. The van der Waals surface area contributed by atoms with Gasteiger partial charge in [-0.25, -0.2) is 0 Å². The summed E-state index contributed by atoms with van der Waals surface area (Å²) in [7, 11) is 1.85. The number of rotatable bonds is 2. The molecule has 0 bridgehead atoms. The van der Waals surface area contributed by atoms with Crippen LogP contribution in [0.5, 0.6) is 5.75 Å². The van der Waals surface area contributed by atoms with Crippen molar-refractivity contribution in [1.82, 2.24) is 15.0 Å². The number of ether oxygens (including phenoxy) is 2. The molecule has 0 aliphatic carbocycles. The molecule has 2 amide bonds. The van der Waals surface area contributed by atoms with E-state index in [1.807, 2.05) is 45.2 Å². The zero-order chi connectivity index (χ0) is 24.8. The number of fused-ring (bicyclic) bond motifs is 2. The topological polar surface area (TPSA) is 85.1 Å². The van der Waals surface area contributed by atoms with E-state index < -0.39 is 0 Å². The Hall–Kier alpha value is -2.87. The van der Waals surface area contributed by atoms with Crippen molar-refractivity contribution >= 4 is 11.8 Å². The van der Waals surface area contributed by atoms with Crippen molar-refractivity contribution in [2.45, 2.75) is 71.0 Å². The molecule has 8 heteroatoms. The predicted octanol–water partition coefficient (Wildman–Crippen LogP) is 3.94. The Bertz CT molecular complexity index is 1000. The van der Waals surface area contributed by atoms with Gasteiger partial charge in [-0.2, -0.15) is 0 Å². The maximum atomic E-state index is 13.2. The Balaban J connectivity index is 1.53. The first-order valence-corrected chi connectivity index (χ1v) is 12.8. The van der Waals surface area contributed by atoms with Crippen LogP contribution in [-0.2, 0) is 16.0 Å². The number of aromatic nitrogens is 1. The average molecular weight is 484 g/mol. The van der Waals surface area contributed by atoms with E-state index in [4.69, 9.17) is 14.0 Å². The van der Waals surface area contributed by atoms with Gasteiger partial charge in [-0.1, -0.05) is 43.0 Å². The predicted molar refractivity (Wildman–Crippen MR) is 132 cm³/mol. The van der Waals surface area contributed by atoms with E-state index in [2.05, 4.69) is 5.16 Å². The van der Waals surface area contributed by atoms with Gasteiger partial charge in [0, 0.05) is 25.8 Å². The average Bonchev–Trinajstić information content (AvgIpc) is 3.40. The Morgan fingerprint density at radius 1 is 1.03 bits per heavy atom. The van der Waals surface area contributed by atoms with Crippen LogP contribution < -0.4 is 4.74 Å². The van der Waals surface area contributed by atoms with Crippen molar-refractivity contribution < 1.29 is 23.6 Å². The summed E-state index contributed by atoms with van der Waals surface area (Å²) in [6.45, 7) is 5.91. The molecule has 0 saturated carbocycles. The zero-order valence-electron chi connectivity index (χ0n) is 21.1. The Morgan fingerprint density at radius 3 is 2.51 bits per heavy atom. The summed E-state index contributed by atoms with van der Waals surface area (Å²) in [6, 6.07) is 7.36. The Kier molecular flexibility index (Phi) is 8.44. The van der Waals surface area contributed by atoms with Crippen LogP contribution in [0.2, 0.25) is 0 Å². The van der Waals surface area contributed by atoms with Gasteiger partial charge < -0.3 is 23.8 Å². The highest BCUT2D eigenvalue weighted by molar-refractivity contribution is 5.96. The smallest absolute Gasteiger partial charge is 0.257 e. The first-order valence-electron chi connectivity index (χ1n) is 12.8. The summed E-state index contributed by atoms with van der Waals surface area (Å²) in [6.07, 6.45) is 6.18. The molecule has 0 unspecified atom stereocenters. The van der Waals surface area contributed by atoms with Crippen LogP contribution >= 0.6 is 0 Å². The molecular weight excluding hydrogens is 446 g/mol. The van der Waals surface area contributed by atoms with E-state index in [9.17, 15) is 9.59 Å². The number of aryl methyl sites for hydroxylation is 2. The molecule has 0 spiro atoms. The number of hydrogen-bond acceptors (Lipinski definition) is 6. The third kappa shape index (κ3) is 6.23. The van der Waals surface area contributed by atoms with Gasteiger partial charge >= 0.3 is 0 Å². The highest BCUT2D eigenvalue weighted by Gasteiger charge is 2.38. The van der Waals surface area contributed by atoms with E-state index >= 15 is 0 Å². The van der Waals surface area contributed by atoms with Gasteiger partial charge in [0.05, 0.1) is 30.8 Å². The quantitative estimate of drug-likeness (QED) is 0.643. The molecule has 2 aromatic rings. The van der Waals surface area contributed by atoms with E-state index in [0.29, 0.717) is 36.8 Å². The number of carbonyl (C=O) groups is 2. The SMILES string of the molecule is Cc1noc(C)c1CC(=O)N1C[C@H]2OCCCCCCCCN(C)C(=O)c3ccccc3O[C@@H]2C1. The molecule has 1 saturated heterocycles. The van der Waals surface area contributed by atoms with Gasteiger partial charge in [0.25, 0.3) is 5.91 Å². The Labute approximate surface area is 207 Å². The largest absolute Gasteiger partial charge is 0.485 e. The fraction of sp³-hybridized carbons (Fsp3) is 0.593. The first kappa shape index (κ1) is 25.2. The molecule has 2 aliphatic heterocycles. The minimum atomic E-state index is -0.351. The van der Waals surface area contributed by atoms with Crippen molar-refractivity contribution in [3.8, 4) is 5.75 Å². The fourth-order valence-corrected chi connectivity index (χ4v) is 4.85. The van der Waals surface area contributed by atoms with Crippen LogP contribution in [0.3, 0.4) is 0 Å². The van der Waals surface area contributed by atoms with E-state index in [0.717, 1.165) is 56.3 Å². The second-order valence-electron chi connectivity index (χ2n) is 9.69. The van der Waals surface area contributed by atoms with Crippen LogP contribution in [0.1, 0.15) is 65.9 Å². The molecule has 35 heavy (non-hydrogen) atoms. The van der Waals surface area contributed by atoms with Crippen molar-refractivity contribution in [3.05, 3.63) is 46.8 Å². The van der Waals surface area contributed by atoms with Crippen LogP contribution in [-0.4, -0.2) is 72.3 Å². The molecule has 2 aliphatic rings. The van der Waals surface area contributed by atoms with Crippen molar-refractivity contribution in [2.24, 2.45) is 0 Å². The van der Waals surface area contributed by atoms with Gasteiger partial charge in [-0.3, -0.25) is 9.59 Å². The molecular formula is C27H37N3O5. The molecule has 1 fully saturated rings. The summed E-state index contributed by atoms with van der Waals surface area (Å²) in [5.74, 6) is 1.16. The molecule has 3 heterocycles. The molecule has 0 radical (unpaired) electrons. The van der Waals surface area contributed by atoms with Crippen LogP contribution in [0.25, 0.3) is 0 Å². The summed E-state index contributed by atoms with van der Waals surface area (Å²) >= 11 is 0. The molecule has 1 aromatic heterocycles. The molecule has 8 nitrogen and oxygen atoms in total. The van der Waals surface area contributed by atoms with Gasteiger partial charge in [0.2, 0.25) is 5.91 Å². The lowest BCUT2D eigenvalue weighted by Gasteiger charge is -2.24. The number of hydrogen-bond donors (Lipinski definition) is 0. The maximum absolute atomic E-state index is 13.2. The van der Waals surface area contributed by atoms with Crippen LogP contribution in [0.15, 0.2) is 28.8 Å². The van der Waals surface area contributed by atoms with Crippen LogP contribution in [0, 0.1) is 13.8 Å². The second kappa shape index (κ2) is 11.7. The lowest BCUT2D eigenvalue weighted by atomic mass is 10.1. The highest BCUT2D eigenvalue weighted by Crippen LogP contribution is 2.27. The summed E-state index contributed by atoms with van der Waals surface area (Å²) < 4.78 is 17.9. The third-order valence-electron chi connectivity index (χ3n) is 7.04. The van der Waals surface area contributed by atoms with Gasteiger partial charge in [0.1, 0.15) is 23.7 Å². The van der Waals surface area contributed by atoms with Gasteiger partial charge in [0.15, 0.2) is 0 Å². The monoisotopic (exact) mass is 483 g/mol. The molecule has 1 aromatic carbocycles. The van der Waals surface area contributed by atoms with E-state index in [1.165, 1.54) is 0 Å². The second-order valence-corrected chi connectivity index (χ2v) is 9.69. The van der Waals surface area contributed by atoms with Crippen molar-refractivity contribution in [3.63, 3.8) is 0 Å². The lowest BCUT2D eigenvalue weighted by molar-refractivity contribution is -0.130. The maximum Gasteiger partial charge on any atom is 0.257 e. The summed E-state index contributed by atoms with van der Waals surface area (Å²) in [5.41, 5.74) is 2.12. The van der Waals surface area contributed by atoms with E-state index in [1.54, 1.807) is 9.80 Å². The van der Waals surface area contributed by atoms with Crippen LogP contribution in [0.4, 0.5) is 0 Å². The first-order chi connectivity index (χ1) is 16.9. The number of benzene rings is 1. The Morgan fingerprint density at radius 2 is 1.74 bits per heavy atom. The fourth-order valence-electron chi connectivity index (χ4n) is 4.85. The molecule has 0 N–H and O–H groups in total. The minimum Gasteiger partial charge on any atom is -0.485 e. The highest BCUT2D eigenvalue weighted by atomic mass is 16.5. The van der Waals surface area contributed by atoms with Crippen molar-refractivity contribution in [2.75, 3.05) is 33.3 Å². The van der Waals surface area contributed by atoms with Gasteiger partial charge in [-0.15, -0.1) is 0 Å². The minimum absolute atomic E-state index is 0.00548. The van der Waals surface area contributed by atoms with Gasteiger partial charge in [-0.05, 0) is 38.8 Å². The zero-order valence-corrected chi connectivity index (χ0v) is 21.1. The molecule has 190 valence electrons. The summed E-state index contributed by atoms with van der Waals surface area (Å²) in [5, 5.41) is 3.97. The molecule has 4 rings (SSSR count). The number of carbonyl (C=O) groups excluding carboxylic acids is 2. The lowest BCUT2D eigenvalue weighted by Crippen LogP contribution is -2.34. The number of amides is 2. The molecule has 2 atom stereocenters. The third-order valence-corrected chi connectivity index (χ3v) is 7.04. The number of nitrogens with zero attached hydrogens (tertiary/aromatic N) is 3. The normalized spacial score (nSPS) is 22.4. The number of likely N-dealkylation sites (tertiary alicyclic amines) is 1. The van der Waals surface area contributed by atoms with Crippen molar-refractivity contribution in [1.29, 1.82) is 0 Å².